The second kappa shape index (κ2) is 6.83. The number of fused-ring (bicyclic) bond motifs is 1. The molecule has 2 aromatic carbocycles. The summed E-state index contributed by atoms with van der Waals surface area (Å²) in [6.07, 6.45) is 0.600. The third-order valence-corrected chi connectivity index (χ3v) is 5.27. The Bertz CT molecular complexity index is 894. The van der Waals surface area contributed by atoms with Crippen molar-refractivity contribution in [2.75, 3.05) is 13.2 Å². The number of nitrogens with zero attached hydrogens (tertiary/aromatic N) is 1. The zero-order valence-electron chi connectivity index (χ0n) is 13.1. The van der Waals surface area contributed by atoms with Crippen LogP contribution in [-0.4, -0.2) is 27.4 Å². The number of halogens is 1. The minimum atomic E-state index is -3.50. The van der Waals surface area contributed by atoms with Gasteiger partial charge in [-0.2, -0.15) is 0 Å². The molecule has 0 atom stereocenters. The Morgan fingerprint density at radius 3 is 2.79 bits per heavy atom. The van der Waals surface area contributed by atoms with Gasteiger partial charge in [-0.1, -0.05) is 23.7 Å². The number of sulfonamides is 1. The maximum Gasteiger partial charge on any atom is 0.263 e. The van der Waals surface area contributed by atoms with Crippen LogP contribution < -0.4 is 9.46 Å². The van der Waals surface area contributed by atoms with Crippen LogP contribution in [0.2, 0.25) is 5.02 Å². The molecular weight excluding hydrogens is 348 g/mol. The Morgan fingerprint density at radius 2 is 2.00 bits per heavy atom. The van der Waals surface area contributed by atoms with Gasteiger partial charge in [-0.05, 0) is 49.2 Å². The van der Waals surface area contributed by atoms with Crippen molar-refractivity contribution < 1.29 is 13.2 Å². The largest absolute Gasteiger partial charge is 0.494 e. The lowest BCUT2D eigenvalue weighted by Gasteiger charge is -2.09. The monoisotopic (exact) mass is 364 g/mol. The zero-order valence-corrected chi connectivity index (χ0v) is 14.7. The van der Waals surface area contributed by atoms with Crippen molar-refractivity contribution >= 4 is 27.5 Å². The van der Waals surface area contributed by atoms with Crippen molar-refractivity contribution in [3.05, 3.63) is 58.6 Å². The molecule has 0 aliphatic carbocycles. The van der Waals surface area contributed by atoms with Gasteiger partial charge in [0.1, 0.15) is 11.6 Å². The van der Waals surface area contributed by atoms with Crippen LogP contribution in [0.4, 0.5) is 0 Å². The zero-order chi connectivity index (χ0) is 17.2. The van der Waals surface area contributed by atoms with Crippen molar-refractivity contribution in [2.24, 2.45) is 4.99 Å². The lowest BCUT2D eigenvalue weighted by molar-refractivity contribution is 0.336. The van der Waals surface area contributed by atoms with Crippen LogP contribution in [0.5, 0.6) is 5.75 Å². The fraction of sp³-hybridized carbons (Fsp3) is 0.235. The van der Waals surface area contributed by atoms with Crippen molar-refractivity contribution in [3.63, 3.8) is 0 Å². The van der Waals surface area contributed by atoms with Crippen molar-refractivity contribution in [1.82, 2.24) is 4.72 Å². The summed E-state index contributed by atoms with van der Waals surface area (Å²) in [6, 6.07) is 12.3. The van der Waals surface area contributed by atoms with E-state index in [0.29, 0.717) is 36.0 Å². The molecule has 0 spiro atoms. The molecule has 1 N–H and O–H groups in total. The summed E-state index contributed by atoms with van der Waals surface area (Å²) < 4.78 is 32.2. The molecule has 0 unspecified atom stereocenters. The smallest absolute Gasteiger partial charge is 0.263 e. The summed E-state index contributed by atoms with van der Waals surface area (Å²) >= 11 is 6.04. The molecule has 1 heterocycles. The minimum absolute atomic E-state index is 0.265. The summed E-state index contributed by atoms with van der Waals surface area (Å²) in [4.78, 5) is 4.68. The lowest BCUT2D eigenvalue weighted by atomic mass is 10.1. The molecule has 0 radical (unpaired) electrons. The van der Waals surface area contributed by atoms with Gasteiger partial charge >= 0.3 is 0 Å². The van der Waals surface area contributed by atoms with Crippen molar-refractivity contribution in [1.29, 1.82) is 0 Å². The highest BCUT2D eigenvalue weighted by Gasteiger charge is 2.29. The average Bonchev–Trinajstić information content (AvgIpc) is 2.82. The number of ether oxygens (including phenoxy) is 1. The molecular formula is C17H17ClN2O3S. The summed E-state index contributed by atoms with van der Waals surface area (Å²) in [5, 5.41) is 0.632. The number of rotatable bonds is 5. The Hall–Kier alpha value is -2.05. The number of aliphatic imine (C=N–C) groups is 1. The SMILES string of the molecule is CCOc1ccc(Cl)cc1CCN=C1NS(=O)(=O)c2ccccc21. The summed E-state index contributed by atoms with van der Waals surface area (Å²) in [7, 11) is -3.50. The average molecular weight is 365 g/mol. The van der Waals surface area contributed by atoms with E-state index in [1.54, 1.807) is 30.3 Å². The second-order valence-electron chi connectivity index (χ2n) is 5.27. The molecule has 3 rings (SSSR count). The van der Waals surface area contributed by atoms with Gasteiger partial charge in [0.25, 0.3) is 10.0 Å². The first-order valence-electron chi connectivity index (χ1n) is 7.59. The molecule has 0 amide bonds. The fourth-order valence-electron chi connectivity index (χ4n) is 2.58. The highest BCUT2D eigenvalue weighted by atomic mass is 35.5. The van der Waals surface area contributed by atoms with Crippen LogP contribution in [0, 0.1) is 0 Å². The molecule has 0 saturated carbocycles. The third-order valence-electron chi connectivity index (χ3n) is 3.64. The van der Waals surface area contributed by atoms with Crippen molar-refractivity contribution in [3.8, 4) is 5.75 Å². The fourth-order valence-corrected chi connectivity index (χ4v) is 4.02. The first-order valence-corrected chi connectivity index (χ1v) is 9.45. The van der Waals surface area contributed by atoms with Crippen LogP contribution in [0.1, 0.15) is 18.1 Å². The maximum atomic E-state index is 12.1. The number of nitrogens with one attached hydrogen (secondary N) is 1. The van der Waals surface area contributed by atoms with Gasteiger partial charge in [0.15, 0.2) is 0 Å². The molecule has 0 bridgehead atoms. The summed E-state index contributed by atoms with van der Waals surface area (Å²) in [5.41, 5.74) is 1.55. The van der Waals surface area contributed by atoms with E-state index < -0.39 is 10.0 Å². The predicted molar refractivity (Wildman–Crippen MR) is 94.5 cm³/mol. The van der Waals surface area contributed by atoms with Gasteiger partial charge in [-0.25, -0.2) is 8.42 Å². The molecule has 1 aliphatic heterocycles. The van der Waals surface area contributed by atoms with Gasteiger partial charge in [0.05, 0.1) is 11.5 Å². The summed E-state index contributed by atoms with van der Waals surface area (Å²) in [5.74, 6) is 1.15. The van der Waals surface area contributed by atoms with E-state index in [-0.39, 0.29) is 4.90 Å². The number of amidine groups is 1. The van der Waals surface area contributed by atoms with Gasteiger partial charge in [-0.3, -0.25) is 9.71 Å². The van der Waals surface area contributed by atoms with E-state index in [2.05, 4.69) is 9.71 Å². The van der Waals surface area contributed by atoms with Crippen molar-refractivity contribution in [2.45, 2.75) is 18.2 Å². The molecule has 126 valence electrons. The molecule has 7 heteroatoms. The van der Waals surface area contributed by atoms with E-state index >= 15 is 0 Å². The first kappa shape index (κ1) is 16.8. The Labute approximate surface area is 146 Å². The highest BCUT2D eigenvalue weighted by Crippen LogP contribution is 2.25. The molecule has 0 saturated heterocycles. The third kappa shape index (κ3) is 3.39. The van der Waals surface area contributed by atoms with Gasteiger partial charge in [0.2, 0.25) is 0 Å². The minimum Gasteiger partial charge on any atom is -0.494 e. The first-order chi connectivity index (χ1) is 11.5. The number of hydrogen-bond donors (Lipinski definition) is 1. The number of hydrogen-bond acceptors (Lipinski definition) is 4. The van der Waals surface area contributed by atoms with E-state index in [0.717, 1.165) is 11.3 Å². The Kier molecular flexibility index (Phi) is 4.78. The molecule has 0 aromatic heterocycles. The van der Waals surface area contributed by atoms with Gasteiger partial charge in [-0.15, -0.1) is 0 Å². The van der Waals surface area contributed by atoms with E-state index in [1.807, 2.05) is 19.1 Å². The highest BCUT2D eigenvalue weighted by molar-refractivity contribution is 7.90. The van der Waals surface area contributed by atoms with E-state index in [4.69, 9.17) is 16.3 Å². The quantitative estimate of drug-likeness (QED) is 0.886. The summed E-state index contributed by atoms with van der Waals surface area (Å²) in [6.45, 7) is 2.91. The van der Waals surface area contributed by atoms with Crippen LogP contribution in [-0.2, 0) is 16.4 Å². The topological polar surface area (TPSA) is 67.8 Å². The maximum absolute atomic E-state index is 12.1. The van der Waals surface area contributed by atoms with Crippen LogP contribution in [0.15, 0.2) is 52.4 Å². The molecule has 24 heavy (non-hydrogen) atoms. The Balaban J connectivity index is 1.80. The normalized spacial score (nSPS) is 16.7. The Morgan fingerprint density at radius 1 is 1.21 bits per heavy atom. The van der Waals surface area contributed by atoms with E-state index in [9.17, 15) is 8.42 Å². The standard InChI is InChI=1S/C17H17ClN2O3S/c1-2-23-15-8-7-13(18)11-12(15)9-10-19-17-14-5-3-4-6-16(14)24(21,22)20-17/h3-8,11H,2,9-10H2,1H3,(H,19,20). The predicted octanol–water partition coefficient (Wildman–Crippen LogP) is 3.02. The molecule has 0 fully saturated rings. The van der Waals surface area contributed by atoms with Crippen LogP contribution in [0.3, 0.4) is 0 Å². The molecule has 5 nitrogen and oxygen atoms in total. The molecule has 1 aliphatic rings. The lowest BCUT2D eigenvalue weighted by Crippen LogP contribution is -2.22. The van der Waals surface area contributed by atoms with Gasteiger partial charge in [0, 0.05) is 17.1 Å². The second-order valence-corrected chi connectivity index (χ2v) is 7.35. The number of benzene rings is 2. The molecule has 2 aromatic rings. The van der Waals surface area contributed by atoms with Crippen LogP contribution >= 0.6 is 11.6 Å². The van der Waals surface area contributed by atoms with E-state index in [1.165, 1.54) is 0 Å². The van der Waals surface area contributed by atoms with Gasteiger partial charge < -0.3 is 4.74 Å². The van der Waals surface area contributed by atoms with Crippen LogP contribution in [0.25, 0.3) is 0 Å².